The third kappa shape index (κ3) is 4.43. The van der Waals surface area contributed by atoms with Crippen LogP contribution < -0.4 is 0 Å². The van der Waals surface area contributed by atoms with Crippen molar-refractivity contribution >= 4 is 19.9 Å². The van der Waals surface area contributed by atoms with E-state index in [4.69, 9.17) is 0 Å². The van der Waals surface area contributed by atoms with Gasteiger partial charge in [-0.15, -0.1) is 0 Å². The van der Waals surface area contributed by atoms with Crippen molar-refractivity contribution in [1.29, 1.82) is 0 Å². The van der Waals surface area contributed by atoms with Gasteiger partial charge < -0.3 is 0 Å². The number of sulfone groups is 1. The fraction of sp³-hybridized carbons (Fsp3) is 0.684. The normalized spacial score (nSPS) is 30.0. The van der Waals surface area contributed by atoms with Crippen molar-refractivity contribution in [1.82, 2.24) is 14.1 Å². The Labute approximate surface area is 168 Å². The molecule has 0 radical (unpaired) electrons. The van der Waals surface area contributed by atoms with E-state index in [-0.39, 0.29) is 17.9 Å². The lowest BCUT2D eigenvalue weighted by molar-refractivity contribution is 0.136. The van der Waals surface area contributed by atoms with E-state index in [2.05, 4.69) is 34.1 Å². The first-order chi connectivity index (χ1) is 13.3. The van der Waals surface area contributed by atoms with Gasteiger partial charge in [0.2, 0.25) is 10.0 Å². The quantitative estimate of drug-likeness (QED) is 0.677. The molecule has 0 aliphatic carbocycles. The molecular formula is C19H29N3O4S2. The molecule has 9 heteroatoms. The Kier molecular flexibility index (Phi) is 5.81. The summed E-state index contributed by atoms with van der Waals surface area (Å²) in [7, 11) is -6.71. The molecule has 3 aliphatic rings. The summed E-state index contributed by atoms with van der Waals surface area (Å²) in [5, 5.41) is -0.753. The lowest BCUT2D eigenvalue weighted by atomic mass is 10.2. The predicted octanol–water partition coefficient (Wildman–Crippen LogP) is 0.395. The molecule has 1 aromatic rings. The molecule has 3 fully saturated rings. The molecule has 1 aromatic carbocycles. The van der Waals surface area contributed by atoms with Crippen molar-refractivity contribution in [3.05, 3.63) is 35.9 Å². The number of sulfonamides is 1. The van der Waals surface area contributed by atoms with Crippen molar-refractivity contribution < 1.29 is 16.8 Å². The lowest BCUT2D eigenvalue weighted by Crippen LogP contribution is -2.54. The number of hydrogen-bond donors (Lipinski definition) is 0. The van der Waals surface area contributed by atoms with Crippen molar-refractivity contribution in [3.8, 4) is 0 Å². The van der Waals surface area contributed by atoms with Crippen LogP contribution in [0, 0.1) is 0 Å². The second-order valence-corrected chi connectivity index (χ2v) is 12.6. The van der Waals surface area contributed by atoms with E-state index in [0.717, 1.165) is 39.1 Å². The van der Waals surface area contributed by atoms with Gasteiger partial charge in [0.05, 0.1) is 16.8 Å². The molecule has 3 heterocycles. The first-order valence-corrected chi connectivity index (χ1v) is 13.4. The highest BCUT2D eigenvalue weighted by Gasteiger charge is 2.42. The van der Waals surface area contributed by atoms with Gasteiger partial charge in [-0.25, -0.2) is 16.8 Å². The summed E-state index contributed by atoms with van der Waals surface area (Å²) in [5.74, 6) is -0.219. The molecule has 0 spiro atoms. The second kappa shape index (κ2) is 8.02. The third-order valence-corrected chi connectivity index (χ3v) is 10.6. The van der Waals surface area contributed by atoms with Crippen LogP contribution in [0.2, 0.25) is 0 Å². The van der Waals surface area contributed by atoms with Gasteiger partial charge in [0.15, 0.2) is 9.84 Å². The monoisotopic (exact) mass is 427 g/mol. The van der Waals surface area contributed by atoms with Crippen LogP contribution in [0.5, 0.6) is 0 Å². The van der Waals surface area contributed by atoms with Crippen molar-refractivity contribution in [2.75, 3.05) is 50.8 Å². The number of hydrogen-bond acceptors (Lipinski definition) is 6. The van der Waals surface area contributed by atoms with Crippen molar-refractivity contribution in [2.24, 2.45) is 0 Å². The van der Waals surface area contributed by atoms with E-state index >= 15 is 0 Å². The van der Waals surface area contributed by atoms with Crippen molar-refractivity contribution in [2.45, 2.75) is 30.7 Å². The molecule has 7 nitrogen and oxygen atoms in total. The lowest BCUT2D eigenvalue weighted by Gasteiger charge is -2.38. The maximum Gasteiger partial charge on any atom is 0.218 e. The number of rotatable bonds is 5. The molecule has 2 atom stereocenters. The molecular weight excluding hydrogens is 398 g/mol. The van der Waals surface area contributed by atoms with Gasteiger partial charge in [0, 0.05) is 51.9 Å². The van der Waals surface area contributed by atoms with Gasteiger partial charge in [0.1, 0.15) is 0 Å². The zero-order valence-corrected chi connectivity index (χ0v) is 17.7. The first kappa shape index (κ1) is 20.3. The first-order valence-electron chi connectivity index (χ1n) is 10.0. The van der Waals surface area contributed by atoms with E-state index in [1.165, 1.54) is 9.87 Å². The van der Waals surface area contributed by atoms with Crippen LogP contribution in [-0.4, -0.2) is 93.0 Å². The number of piperazine rings is 1. The largest absolute Gasteiger partial charge is 0.297 e. The Morgan fingerprint density at radius 2 is 1.68 bits per heavy atom. The molecule has 156 valence electrons. The average molecular weight is 428 g/mol. The molecule has 0 amide bonds. The Balaban J connectivity index is 1.29. The van der Waals surface area contributed by atoms with Crippen LogP contribution in [0.15, 0.2) is 30.3 Å². The van der Waals surface area contributed by atoms with Crippen LogP contribution in [0.3, 0.4) is 0 Å². The van der Waals surface area contributed by atoms with E-state index in [9.17, 15) is 16.8 Å². The number of benzene rings is 1. The van der Waals surface area contributed by atoms with Gasteiger partial charge >= 0.3 is 0 Å². The van der Waals surface area contributed by atoms with Gasteiger partial charge in [0.25, 0.3) is 0 Å². The maximum atomic E-state index is 12.8. The number of nitrogens with zero attached hydrogens (tertiary/aromatic N) is 3. The van der Waals surface area contributed by atoms with Crippen molar-refractivity contribution in [3.63, 3.8) is 0 Å². The molecule has 0 aromatic heterocycles. The topological polar surface area (TPSA) is 78.0 Å². The van der Waals surface area contributed by atoms with Gasteiger partial charge in [-0.3, -0.25) is 9.80 Å². The summed E-state index contributed by atoms with van der Waals surface area (Å²) < 4.78 is 50.4. The predicted molar refractivity (Wildman–Crippen MR) is 109 cm³/mol. The molecule has 0 unspecified atom stereocenters. The van der Waals surface area contributed by atoms with E-state index in [1.54, 1.807) is 0 Å². The standard InChI is InChI=1S/C19H29N3O4S2/c23-27(24)13-7-19(16-27)28(25,26)22-11-9-21(10-12-22)18-6-8-20(15-18)14-17-4-2-1-3-5-17/h1-5,18-19H,6-16H2/t18-,19-/m0/s1. The number of likely N-dealkylation sites (tertiary alicyclic amines) is 1. The van der Waals surface area contributed by atoms with Gasteiger partial charge in [-0.05, 0) is 18.4 Å². The third-order valence-electron chi connectivity index (χ3n) is 6.26. The van der Waals surface area contributed by atoms with Crippen LogP contribution >= 0.6 is 0 Å². The Morgan fingerprint density at radius 1 is 0.964 bits per heavy atom. The summed E-state index contributed by atoms with van der Waals surface area (Å²) in [5.41, 5.74) is 1.32. The highest BCUT2D eigenvalue weighted by molar-refractivity contribution is 7.95. The van der Waals surface area contributed by atoms with E-state index < -0.39 is 25.1 Å². The summed E-state index contributed by atoms with van der Waals surface area (Å²) >= 11 is 0. The summed E-state index contributed by atoms with van der Waals surface area (Å²) in [6.07, 6.45) is 1.35. The van der Waals surface area contributed by atoms with E-state index in [1.807, 2.05) is 6.07 Å². The summed E-state index contributed by atoms with van der Waals surface area (Å²) in [4.78, 5) is 4.87. The van der Waals surface area contributed by atoms with Crippen LogP contribution in [0.25, 0.3) is 0 Å². The minimum absolute atomic E-state index is 0.00378. The fourth-order valence-corrected chi connectivity index (χ4v) is 9.14. The molecule has 3 aliphatic heterocycles. The average Bonchev–Trinajstić information content (AvgIpc) is 3.29. The smallest absolute Gasteiger partial charge is 0.218 e. The second-order valence-electron chi connectivity index (χ2n) is 8.17. The SMILES string of the molecule is O=S1(=O)CC[C@H](S(=O)(=O)N2CCN([C@H]3CCN(Cc4ccccc4)C3)CC2)C1. The van der Waals surface area contributed by atoms with Gasteiger partial charge in [-0.1, -0.05) is 30.3 Å². The molecule has 4 rings (SSSR count). The molecule has 28 heavy (non-hydrogen) atoms. The highest BCUT2D eigenvalue weighted by Crippen LogP contribution is 2.25. The zero-order valence-electron chi connectivity index (χ0n) is 16.1. The molecule has 0 bridgehead atoms. The minimum Gasteiger partial charge on any atom is -0.297 e. The van der Waals surface area contributed by atoms with Crippen LogP contribution in [-0.2, 0) is 26.4 Å². The summed E-state index contributed by atoms with van der Waals surface area (Å²) in [6, 6.07) is 10.9. The van der Waals surface area contributed by atoms with Gasteiger partial charge in [-0.2, -0.15) is 4.31 Å². The minimum atomic E-state index is -3.51. The molecule has 0 saturated carbocycles. The maximum absolute atomic E-state index is 12.8. The van der Waals surface area contributed by atoms with Crippen LogP contribution in [0.4, 0.5) is 0 Å². The van der Waals surface area contributed by atoms with Crippen LogP contribution in [0.1, 0.15) is 18.4 Å². The Morgan fingerprint density at radius 3 is 2.32 bits per heavy atom. The molecule has 0 N–H and O–H groups in total. The Bertz CT molecular complexity index is 881. The zero-order chi connectivity index (χ0) is 19.8. The fourth-order valence-electron chi connectivity index (χ4n) is 4.63. The Hall–Kier alpha value is -1.00. The molecule has 3 saturated heterocycles. The summed E-state index contributed by atoms with van der Waals surface area (Å²) in [6.45, 7) is 5.43. The highest BCUT2D eigenvalue weighted by atomic mass is 32.2. The van der Waals surface area contributed by atoms with E-state index in [0.29, 0.717) is 19.1 Å².